The Balaban J connectivity index is 2.24. The third-order valence-corrected chi connectivity index (χ3v) is 2.82. The lowest BCUT2D eigenvalue weighted by atomic mass is 10.0. The average molecular weight is 208 g/mol. The lowest BCUT2D eigenvalue weighted by Gasteiger charge is -2.28. The maximum Gasteiger partial charge on any atom is 0.223 e. The van der Waals surface area contributed by atoms with Crippen LogP contribution in [-0.4, -0.2) is 37.0 Å². The van der Waals surface area contributed by atoms with Gasteiger partial charge in [0.25, 0.3) is 0 Å². The molecule has 0 saturated carbocycles. The van der Waals surface area contributed by atoms with Gasteiger partial charge in [-0.2, -0.15) is 0 Å². The first-order valence-corrected chi connectivity index (χ1v) is 5.65. The van der Waals surface area contributed by atoms with Crippen molar-refractivity contribution in [1.82, 2.24) is 10.2 Å². The third-order valence-electron chi connectivity index (χ3n) is 2.82. The molecule has 0 radical (unpaired) electrons. The maximum atomic E-state index is 11.6. The number of hydrogen-bond donors (Lipinski definition) is 1. The van der Waals surface area contributed by atoms with Crippen molar-refractivity contribution < 1.29 is 4.79 Å². The smallest absolute Gasteiger partial charge is 0.223 e. The van der Waals surface area contributed by atoms with E-state index in [-0.39, 0.29) is 5.91 Å². The van der Waals surface area contributed by atoms with E-state index >= 15 is 0 Å². The van der Waals surface area contributed by atoms with Crippen LogP contribution in [0.1, 0.15) is 32.1 Å². The highest BCUT2D eigenvalue weighted by Gasteiger charge is 2.16. The highest BCUT2D eigenvalue weighted by molar-refractivity contribution is 5.76. The molecule has 1 aliphatic rings. The van der Waals surface area contributed by atoms with Crippen molar-refractivity contribution in [3.63, 3.8) is 0 Å². The molecule has 1 aliphatic heterocycles. The monoisotopic (exact) mass is 208 g/mol. The highest BCUT2D eigenvalue weighted by Crippen LogP contribution is 2.08. The second-order valence-corrected chi connectivity index (χ2v) is 4.13. The summed E-state index contributed by atoms with van der Waals surface area (Å²) in [4.78, 5) is 13.4. The van der Waals surface area contributed by atoms with Crippen molar-refractivity contribution in [3.8, 4) is 12.3 Å². The minimum absolute atomic E-state index is 0.153. The van der Waals surface area contributed by atoms with Gasteiger partial charge in [0.15, 0.2) is 0 Å². The average Bonchev–Trinajstić information content (AvgIpc) is 2.27. The van der Waals surface area contributed by atoms with E-state index in [0.717, 1.165) is 13.1 Å². The topological polar surface area (TPSA) is 32.3 Å². The van der Waals surface area contributed by atoms with E-state index < -0.39 is 0 Å². The van der Waals surface area contributed by atoms with Gasteiger partial charge < -0.3 is 10.2 Å². The molecule has 1 heterocycles. The van der Waals surface area contributed by atoms with Crippen molar-refractivity contribution in [3.05, 3.63) is 0 Å². The summed E-state index contributed by atoms with van der Waals surface area (Å²) >= 11 is 0. The van der Waals surface area contributed by atoms with Crippen molar-refractivity contribution >= 4 is 5.91 Å². The quantitative estimate of drug-likeness (QED) is 0.699. The molecule has 1 saturated heterocycles. The van der Waals surface area contributed by atoms with E-state index in [4.69, 9.17) is 6.42 Å². The Hall–Kier alpha value is -1.01. The molecule has 0 bridgehead atoms. The normalized spacial score (nSPS) is 20.7. The first-order valence-electron chi connectivity index (χ1n) is 5.65. The van der Waals surface area contributed by atoms with E-state index in [1.165, 1.54) is 19.3 Å². The molecule has 1 fully saturated rings. The fraction of sp³-hybridized carbons (Fsp3) is 0.750. The predicted octanol–water partition coefficient (Wildman–Crippen LogP) is 1.00. The zero-order valence-electron chi connectivity index (χ0n) is 9.46. The Bertz CT molecular complexity index is 238. The molecule has 1 N–H and O–H groups in total. The van der Waals surface area contributed by atoms with Gasteiger partial charge in [0.1, 0.15) is 0 Å². The number of carbonyl (C=O) groups is 1. The number of hydrogen-bond acceptors (Lipinski definition) is 2. The van der Waals surface area contributed by atoms with Gasteiger partial charge in [0.05, 0.1) is 0 Å². The summed E-state index contributed by atoms with van der Waals surface area (Å²) in [6.07, 6.45) is 9.84. The molecule has 84 valence electrons. The second-order valence-electron chi connectivity index (χ2n) is 4.13. The molecule has 1 unspecified atom stereocenters. The van der Waals surface area contributed by atoms with Gasteiger partial charge in [0, 0.05) is 32.5 Å². The number of terminal acetylenes is 1. The first kappa shape index (κ1) is 12.1. The molecule has 0 aliphatic carbocycles. The molecule has 3 heteroatoms. The SMILES string of the molecule is C#CCCC(=O)N(C)CC1CCCCN1. The van der Waals surface area contributed by atoms with Crippen LogP contribution in [0.25, 0.3) is 0 Å². The summed E-state index contributed by atoms with van der Waals surface area (Å²) in [5, 5.41) is 3.43. The molecule has 0 aromatic carbocycles. The fourth-order valence-corrected chi connectivity index (χ4v) is 1.88. The number of piperidine rings is 1. The fourth-order valence-electron chi connectivity index (χ4n) is 1.88. The largest absolute Gasteiger partial charge is 0.344 e. The van der Waals surface area contributed by atoms with Gasteiger partial charge in [-0.3, -0.25) is 4.79 Å². The van der Waals surface area contributed by atoms with Crippen LogP contribution in [0.2, 0.25) is 0 Å². The van der Waals surface area contributed by atoms with E-state index in [0.29, 0.717) is 18.9 Å². The minimum atomic E-state index is 0.153. The molecule has 1 rings (SSSR count). The predicted molar refractivity (Wildman–Crippen MR) is 61.3 cm³/mol. The van der Waals surface area contributed by atoms with Crippen molar-refractivity contribution in [2.24, 2.45) is 0 Å². The number of nitrogens with zero attached hydrogens (tertiary/aromatic N) is 1. The Morgan fingerprint density at radius 1 is 1.60 bits per heavy atom. The van der Waals surface area contributed by atoms with Crippen LogP contribution in [-0.2, 0) is 4.79 Å². The molecule has 0 spiro atoms. The molecule has 3 nitrogen and oxygen atoms in total. The van der Waals surface area contributed by atoms with Crippen molar-refractivity contribution in [2.45, 2.75) is 38.1 Å². The number of carbonyl (C=O) groups excluding carboxylic acids is 1. The van der Waals surface area contributed by atoms with E-state index in [1.54, 1.807) is 4.90 Å². The zero-order valence-corrected chi connectivity index (χ0v) is 9.46. The van der Waals surface area contributed by atoms with Crippen LogP contribution in [0.15, 0.2) is 0 Å². The first-order chi connectivity index (χ1) is 7.24. The van der Waals surface area contributed by atoms with E-state index in [9.17, 15) is 4.79 Å². The van der Waals surface area contributed by atoms with Gasteiger partial charge >= 0.3 is 0 Å². The van der Waals surface area contributed by atoms with Crippen molar-refractivity contribution in [1.29, 1.82) is 0 Å². The van der Waals surface area contributed by atoms with E-state index in [1.807, 2.05) is 7.05 Å². The standard InChI is InChI=1S/C12H20N2O/c1-3-4-8-12(15)14(2)10-11-7-5-6-9-13-11/h1,11,13H,4-10H2,2H3. The Morgan fingerprint density at radius 3 is 3.00 bits per heavy atom. The van der Waals surface area contributed by atoms with E-state index in [2.05, 4.69) is 11.2 Å². The number of rotatable bonds is 4. The van der Waals surface area contributed by atoms with Gasteiger partial charge in [-0.1, -0.05) is 6.42 Å². The maximum absolute atomic E-state index is 11.6. The van der Waals surface area contributed by atoms with Crippen LogP contribution in [0.5, 0.6) is 0 Å². The number of likely N-dealkylation sites (N-methyl/N-ethyl adjacent to an activating group) is 1. The van der Waals surface area contributed by atoms with Crippen LogP contribution in [0.4, 0.5) is 0 Å². The highest BCUT2D eigenvalue weighted by atomic mass is 16.2. The van der Waals surface area contributed by atoms with Crippen molar-refractivity contribution in [2.75, 3.05) is 20.1 Å². The molecule has 15 heavy (non-hydrogen) atoms. The Kier molecular flexibility index (Phi) is 5.20. The van der Waals surface area contributed by atoms with Crippen LogP contribution >= 0.6 is 0 Å². The van der Waals surface area contributed by atoms with Gasteiger partial charge in [0.2, 0.25) is 5.91 Å². The molecule has 1 atom stereocenters. The number of amides is 1. The van der Waals surface area contributed by atoms with Crippen LogP contribution < -0.4 is 5.32 Å². The molecule has 0 aromatic heterocycles. The number of nitrogens with one attached hydrogen (secondary N) is 1. The Morgan fingerprint density at radius 2 is 2.40 bits per heavy atom. The molecule has 0 aromatic rings. The summed E-state index contributed by atoms with van der Waals surface area (Å²) in [5.74, 6) is 2.65. The molecular formula is C12H20N2O. The minimum Gasteiger partial charge on any atom is -0.344 e. The summed E-state index contributed by atoms with van der Waals surface area (Å²) < 4.78 is 0. The van der Waals surface area contributed by atoms with Gasteiger partial charge in [-0.05, 0) is 19.4 Å². The molecule has 1 amide bonds. The lowest BCUT2D eigenvalue weighted by Crippen LogP contribution is -2.44. The third kappa shape index (κ3) is 4.35. The summed E-state index contributed by atoms with van der Waals surface area (Å²) in [6, 6.07) is 0.471. The lowest BCUT2D eigenvalue weighted by molar-refractivity contribution is -0.130. The second kappa shape index (κ2) is 6.47. The Labute approximate surface area is 92.2 Å². The van der Waals surface area contributed by atoms with Crippen LogP contribution in [0.3, 0.4) is 0 Å². The molecular weight excluding hydrogens is 188 g/mol. The van der Waals surface area contributed by atoms with Gasteiger partial charge in [-0.15, -0.1) is 12.3 Å². The zero-order chi connectivity index (χ0) is 11.1. The van der Waals surface area contributed by atoms with Crippen LogP contribution in [0, 0.1) is 12.3 Å². The summed E-state index contributed by atoms with van der Waals surface area (Å²) in [7, 11) is 1.86. The summed E-state index contributed by atoms with van der Waals surface area (Å²) in [6.45, 7) is 1.89. The van der Waals surface area contributed by atoms with Gasteiger partial charge in [-0.25, -0.2) is 0 Å². The summed E-state index contributed by atoms with van der Waals surface area (Å²) in [5.41, 5.74) is 0.